The molecule has 2 bridgehead atoms. The molecule has 0 aliphatic heterocycles. The third-order valence-electron chi connectivity index (χ3n) is 3.36. The highest BCUT2D eigenvalue weighted by Crippen LogP contribution is 2.52. The Bertz CT molecular complexity index is 319. The van der Waals surface area contributed by atoms with E-state index in [1.807, 2.05) is 0 Å². The molecule has 0 aromatic heterocycles. The van der Waals surface area contributed by atoms with Gasteiger partial charge in [-0.2, -0.15) is 0 Å². The van der Waals surface area contributed by atoms with E-state index in [1.54, 1.807) is 0 Å². The Morgan fingerprint density at radius 3 is 2.67 bits per heavy atom. The van der Waals surface area contributed by atoms with Crippen LogP contribution < -0.4 is 0 Å². The predicted octanol–water partition coefficient (Wildman–Crippen LogP) is 2.02. The quantitative estimate of drug-likeness (QED) is 0.615. The first kappa shape index (κ1) is 6.67. The molecule has 1 fully saturated rings. The minimum Gasteiger partial charge on any atom is -0.392 e. The minimum absolute atomic E-state index is 0.0649. The summed E-state index contributed by atoms with van der Waals surface area (Å²) in [4.78, 5) is 0. The molecule has 0 radical (unpaired) electrons. The molecular formula is C11H12O. The van der Waals surface area contributed by atoms with Crippen LogP contribution in [0.3, 0.4) is 0 Å². The number of rotatable bonds is 0. The van der Waals surface area contributed by atoms with E-state index in [1.165, 1.54) is 17.5 Å². The molecule has 62 valence electrons. The monoisotopic (exact) mass is 160 g/mol. The Hall–Kier alpha value is -0.820. The summed E-state index contributed by atoms with van der Waals surface area (Å²) in [7, 11) is 0. The van der Waals surface area contributed by atoms with Crippen molar-refractivity contribution in [2.24, 2.45) is 0 Å². The second-order valence-corrected chi connectivity index (χ2v) is 3.97. The molecule has 0 saturated heterocycles. The molecule has 3 rings (SSSR count). The Morgan fingerprint density at radius 2 is 1.83 bits per heavy atom. The van der Waals surface area contributed by atoms with Crippen LogP contribution in [0.4, 0.5) is 0 Å². The SMILES string of the molecule is OC1CC2CC1c1ccccc12. The van der Waals surface area contributed by atoms with E-state index in [0.29, 0.717) is 11.8 Å². The van der Waals surface area contributed by atoms with Gasteiger partial charge in [0, 0.05) is 5.92 Å². The fraction of sp³-hybridized carbons (Fsp3) is 0.455. The summed E-state index contributed by atoms with van der Waals surface area (Å²) in [5.74, 6) is 1.10. The lowest BCUT2D eigenvalue weighted by molar-refractivity contribution is 0.158. The molecule has 1 aromatic carbocycles. The highest BCUT2D eigenvalue weighted by atomic mass is 16.3. The van der Waals surface area contributed by atoms with E-state index in [4.69, 9.17) is 0 Å². The van der Waals surface area contributed by atoms with Crippen molar-refractivity contribution in [3.63, 3.8) is 0 Å². The van der Waals surface area contributed by atoms with Gasteiger partial charge in [0.05, 0.1) is 6.10 Å². The van der Waals surface area contributed by atoms with Crippen LogP contribution in [0.15, 0.2) is 24.3 Å². The fourth-order valence-corrected chi connectivity index (χ4v) is 2.82. The van der Waals surface area contributed by atoms with Gasteiger partial charge >= 0.3 is 0 Å². The first-order valence-electron chi connectivity index (χ1n) is 4.63. The van der Waals surface area contributed by atoms with Crippen LogP contribution in [0.2, 0.25) is 0 Å². The van der Waals surface area contributed by atoms with Gasteiger partial charge in [-0.1, -0.05) is 24.3 Å². The van der Waals surface area contributed by atoms with E-state index in [9.17, 15) is 5.11 Å². The zero-order valence-electron chi connectivity index (χ0n) is 6.90. The van der Waals surface area contributed by atoms with Crippen LogP contribution in [0.5, 0.6) is 0 Å². The molecule has 3 unspecified atom stereocenters. The van der Waals surface area contributed by atoms with Crippen molar-refractivity contribution >= 4 is 0 Å². The van der Waals surface area contributed by atoms with Crippen molar-refractivity contribution in [3.05, 3.63) is 35.4 Å². The normalized spacial score (nSPS) is 36.9. The topological polar surface area (TPSA) is 20.2 Å². The molecule has 2 aliphatic carbocycles. The number of aliphatic hydroxyl groups is 1. The molecule has 3 atom stereocenters. The fourth-order valence-electron chi connectivity index (χ4n) is 2.82. The summed E-state index contributed by atoms with van der Waals surface area (Å²) < 4.78 is 0. The molecule has 2 aliphatic rings. The minimum atomic E-state index is -0.0649. The lowest BCUT2D eigenvalue weighted by atomic mass is 9.90. The highest BCUT2D eigenvalue weighted by molar-refractivity contribution is 5.42. The third-order valence-corrected chi connectivity index (χ3v) is 3.36. The summed E-state index contributed by atoms with van der Waals surface area (Å²) in [6.45, 7) is 0. The Kier molecular flexibility index (Phi) is 1.17. The van der Waals surface area contributed by atoms with Crippen LogP contribution in [-0.4, -0.2) is 11.2 Å². The van der Waals surface area contributed by atoms with Gasteiger partial charge in [0.15, 0.2) is 0 Å². The average Bonchev–Trinajstić information content (AvgIpc) is 2.62. The van der Waals surface area contributed by atoms with E-state index in [0.717, 1.165) is 6.42 Å². The van der Waals surface area contributed by atoms with Crippen LogP contribution in [0, 0.1) is 0 Å². The molecule has 1 heteroatoms. The number of benzene rings is 1. The standard InChI is InChI=1S/C11H12O/c12-11-6-7-5-10(11)9-4-2-1-3-8(7)9/h1-4,7,10-12H,5-6H2. The Balaban J connectivity index is 2.17. The highest BCUT2D eigenvalue weighted by Gasteiger charge is 2.42. The van der Waals surface area contributed by atoms with Crippen molar-refractivity contribution in [1.82, 2.24) is 0 Å². The molecule has 1 aromatic rings. The third kappa shape index (κ3) is 0.674. The van der Waals surface area contributed by atoms with Crippen molar-refractivity contribution in [1.29, 1.82) is 0 Å². The van der Waals surface area contributed by atoms with Gasteiger partial charge in [0.2, 0.25) is 0 Å². The largest absolute Gasteiger partial charge is 0.392 e. The molecule has 0 heterocycles. The van der Waals surface area contributed by atoms with Crippen molar-refractivity contribution in [2.45, 2.75) is 30.8 Å². The smallest absolute Gasteiger partial charge is 0.0614 e. The van der Waals surface area contributed by atoms with Crippen molar-refractivity contribution in [2.75, 3.05) is 0 Å². The summed E-state index contributed by atoms with van der Waals surface area (Å²) in [5.41, 5.74) is 2.90. The summed E-state index contributed by atoms with van der Waals surface area (Å²) in [6, 6.07) is 8.56. The first-order valence-corrected chi connectivity index (χ1v) is 4.63. The lowest BCUT2D eigenvalue weighted by Crippen LogP contribution is -2.14. The Morgan fingerprint density at radius 1 is 1.08 bits per heavy atom. The van der Waals surface area contributed by atoms with E-state index in [2.05, 4.69) is 24.3 Å². The second-order valence-electron chi connectivity index (χ2n) is 3.97. The predicted molar refractivity (Wildman–Crippen MR) is 47.2 cm³/mol. The van der Waals surface area contributed by atoms with Crippen molar-refractivity contribution in [3.8, 4) is 0 Å². The molecule has 12 heavy (non-hydrogen) atoms. The number of hydrogen-bond donors (Lipinski definition) is 1. The molecule has 1 saturated carbocycles. The van der Waals surface area contributed by atoms with E-state index in [-0.39, 0.29) is 6.10 Å². The van der Waals surface area contributed by atoms with Crippen LogP contribution in [-0.2, 0) is 0 Å². The first-order chi connectivity index (χ1) is 5.86. The van der Waals surface area contributed by atoms with Crippen molar-refractivity contribution < 1.29 is 5.11 Å². The number of aliphatic hydroxyl groups excluding tert-OH is 1. The van der Waals surface area contributed by atoms with Gasteiger partial charge in [-0.3, -0.25) is 0 Å². The van der Waals surface area contributed by atoms with Crippen LogP contribution in [0.25, 0.3) is 0 Å². The zero-order chi connectivity index (χ0) is 8.13. The maximum absolute atomic E-state index is 9.67. The molecule has 0 amide bonds. The maximum Gasteiger partial charge on any atom is 0.0614 e. The zero-order valence-corrected chi connectivity index (χ0v) is 6.90. The summed E-state index contributed by atoms with van der Waals surface area (Å²) >= 11 is 0. The average molecular weight is 160 g/mol. The van der Waals surface area contributed by atoms with Crippen LogP contribution in [0.1, 0.15) is 35.8 Å². The van der Waals surface area contributed by atoms with Gasteiger partial charge < -0.3 is 5.11 Å². The lowest BCUT2D eigenvalue weighted by Gasteiger charge is -2.19. The van der Waals surface area contributed by atoms with Gasteiger partial charge in [0.25, 0.3) is 0 Å². The molecule has 1 nitrogen and oxygen atoms in total. The van der Waals surface area contributed by atoms with E-state index < -0.39 is 0 Å². The number of hydrogen-bond acceptors (Lipinski definition) is 1. The second kappa shape index (κ2) is 2.11. The van der Waals surface area contributed by atoms with Gasteiger partial charge in [-0.25, -0.2) is 0 Å². The summed E-state index contributed by atoms with van der Waals surface area (Å²) in [5, 5.41) is 9.67. The van der Waals surface area contributed by atoms with Gasteiger partial charge in [-0.05, 0) is 29.9 Å². The van der Waals surface area contributed by atoms with Gasteiger partial charge in [-0.15, -0.1) is 0 Å². The molecule has 0 spiro atoms. The molecule has 1 N–H and O–H groups in total. The van der Waals surface area contributed by atoms with Crippen LogP contribution >= 0.6 is 0 Å². The molecular weight excluding hydrogens is 148 g/mol. The number of fused-ring (bicyclic) bond motifs is 5. The maximum atomic E-state index is 9.67. The van der Waals surface area contributed by atoms with Gasteiger partial charge in [0.1, 0.15) is 0 Å². The van der Waals surface area contributed by atoms with E-state index >= 15 is 0 Å². The Labute approximate surface area is 72.0 Å². The summed E-state index contributed by atoms with van der Waals surface area (Å²) in [6.07, 6.45) is 2.10.